The summed E-state index contributed by atoms with van der Waals surface area (Å²) < 4.78 is 0. The molecule has 1 amide bonds. The molecule has 1 fully saturated rings. The van der Waals surface area contributed by atoms with Crippen LogP contribution in [0.5, 0.6) is 0 Å². The first kappa shape index (κ1) is 20.8. The predicted octanol–water partition coefficient (Wildman–Crippen LogP) is 4.77. The lowest BCUT2D eigenvalue weighted by atomic mass is 9.79. The lowest BCUT2D eigenvalue weighted by Crippen LogP contribution is -2.46. The summed E-state index contributed by atoms with van der Waals surface area (Å²) in [6, 6.07) is 19.1. The summed E-state index contributed by atoms with van der Waals surface area (Å²) in [7, 11) is 0. The lowest BCUT2D eigenvalue weighted by Gasteiger charge is -2.29. The average molecular weight is 420 g/mol. The topological polar surface area (TPSA) is 45.2 Å². The number of amides is 1. The van der Waals surface area contributed by atoms with E-state index in [1.807, 2.05) is 32.2 Å². The molecule has 1 N–H and O–H groups in total. The summed E-state index contributed by atoms with van der Waals surface area (Å²) in [5, 5.41) is 5.28. The predicted molar refractivity (Wildman–Crippen MR) is 123 cm³/mol. The Bertz CT molecular complexity index is 954. The van der Waals surface area contributed by atoms with E-state index in [1.165, 1.54) is 16.0 Å². The Kier molecular flexibility index (Phi) is 6.30. The fraction of sp³-hybridized carbons (Fsp3) is 0.360. The summed E-state index contributed by atoms with van der Waals surface area (Å²) in [4.78, 5) is 21.4. The molecule has 4 rings (SSSR count). The number of hydrogen-bond donors (Lipinski definition) is 1. The van der Waals surface area contributed by atoms with E-state index in [9.17, 15) is 4.79 Å². The van der Waals surface area contributed by atoms with Gasteiger partial charge in [-0.3, -0.25) is 14.7 Å². The maximum absolute atomic E-state index is 13.3. The third kappa shape index (κ3) is 4.79. The molecule has 0 bridgehead atoms. The van der Waals surface area contributed by atoms with Gasteiger partial charge in [-0.2, -0.15) is 0 Å². The van der Waals surface area contributed by atoms with E-state index < -0.39 is 5.41 Å². The molecular formula is C25H29N3OS. The van der Waals surface area contributed by atoms with Crippen LogP contribution in [-0.4, -0.2) is 34.9 Å². The third-order valence-corrected chi connectivity index (χ3v) is 6.67. The van der Waals surface area contributed by atoms with Crippen molar-refractivity contribution < 1.29 is 4.79 Å². The standard InChI is InChI=1S/C25H29N3OS/c1-19(2)27-24(29)25(12-14-28(18-25)17-22-6-3-4-13-26-22)16-20-8-10-21(11-9-20)23-7-5-15-30-23/h3-11,13,15,19H,12,14,16-18H2,1-2H3,(H,27,29)/t25-/m0/s1. The second kappa shape index (κ2) is 9.11. The van der Waals surface area contributed by atoms with Crippen LogP contribution in [0.3, 0.4) is 0 Å². The first-order chi connectivity index (χ1) is 14.5. The van der Waals surface area contributed by atoms with Crippen molar-refractivity contribution in [2.24, 2.45) is 5.41 Å². The van der Waals surface area contributed by atoms with Gasteiger partial charge in [0.1, 0.15) is 0 Å². The number of nitrogens with one attached hydrogen (secondary N) is 1. The normalized spacial score (nSPS) is 19.3. The van der Waals surface area contributed by atoms with Gasteiger partial charge in [0, 0.05) is 30.2 Å². The maximum atomic E-state index is 13.3. The molecule has 0 saturated carbocycles. The number of pyridine rings is 1. The fourth-order valence-electron chi connectivity index (χ4n) is 4.26. The summed E-state index contributed by atoms with van der Waals surface area (Å²) in [5.74, 6) is 0.170. The zero-order chi connectivity index (χ0) is 21.0. The molecule has 4 nitrogen and oxygen atoms in total. The van der Waals surface area contributed by atoms with Crippen LogP contribution in [0.25, 0.3) is 10.4 Å². The molecule has 2 aromatic heterocycles. The van der Waals surface area contributed by atoms with E-state index in [-0.39, 0.29) is 11.9 Å². The zero-order valence-electron chi connectivity index (χ0n) is 17.7. The molecule has 0 aliphatic carbocycles. The molecular weight excluding hydrogens is 390 g/mol. The highest BCUT2D eigenvalue weighted by Gasteiger charge is 2.44. The van der Waals surface area contributed by atoms with E-state index >= 15 is 0 Å². The molecule has 0 radical (unpaired) electrons. The van der Waals surface area contributed by atoms with E-state index in [1.54, 1.807) is 11.3 Å². The van der Waals surface area contributed by atoms with E-state index in [0.717, 1.165) is 38.2 Å². The van der Waals surface area contributed by atoms with Crippen LogP contribution < -0.4 is 5.32 Å². The Labute approximate surface area is 183 Å². The van der Waals surface area contributed by atoms with Crippen molar-refractivity contribution in [3.8, 4) is 10.4 Å². The number of aromatic nitrogens is 1. The third-order valence-electron chi connectivity index (χ3n) is 5.75. The Morgan fingerprint density at radius 3 is 2.67 bits per heavy atom. The van der Waals surface area contributed by atoms with Crippen molar-refractivity contribution >= 4 is 17.2 Å². The molecule has 1 aliphatic heterocycles. The summed E-state index contributed by atoms with van der Waals surface area (Å²) in [6.45, 7) is 6.52. The van der Waals surface area contributed by atoms with Crippen molar-refractivity contribution in [3.05, 3.63) is 77.4 Å². The largest absolute Gasteiger partial charge is 0.353 e. The molecule has 0 unspecified atom stereocenters. The SMILES string of the molecule is CC(C)NC(=O)[C@]1(Cc2ccc(-c3cccs3)cc2)CCN(Cc2ccccn2)C1. The minimum Gasteiger partial charge on any atom is -0.353 e. The fourth-order valence-corrected chi connectivity index (χ4v) is 4.99. The smallest absolute Gasteiger partial charge is 0.228 e. The minimum atomic E-state index is -0.399. The van der Waals surface area contributed by atoms with Crippen LogP contribution in [0.1, 0.15) is 31.5 Å². The van der Waals surface area contributed by atoms with Crippen molar-refractivity contribution in [2.45, 2.75) is 39.3 Å². The molecule has 156 valence electrons. The van der Waals surface area contributed by atoms with Crippen LogP contribution in [0, 0.1) is 5.41 Å². The van der Waals surface area contributed by atoms with Crippen molar-refractivity contribution in [3.63, 3.8) is 0 Å². The van der Waals surface area contributed by atoms with Gasteiger partial charge < -0.3 is 5.32 Å². The molecule has 0 spiro atoms. The van der Waals surface area contributed by atoms with Crippen LogP contribution in [0.4, 0.5) is 0 Å². The van der Waals surface area contributed by atoms with Crippen molar-refractivity contribution in [1.29, 1.82) is 0 Å². The number of thiophene rings is 1. The van der Waals surface area contributed by atoms with E-state index in [4.69, 9.17) is 0 Å². The number of rotatable bonds is 7. The quantitative estimate of drug-likeness (QED) is 0.600. The number of carbonyl (C=O) groups excluding carboxylic acids is 1. The summed E-state index contributed by atoms with van der Waals surface area (Å²) >= 11 is 1.75. The van der Waals surface area contributed by atoms with Crippen molar-refractivity contribution in [1.82, 2.24) is 15.2 Å². The van der Waals surface area contributed by atoms with Gasteiger partial charge >= 0.3 is 0 Å². The number of nitrogens with zero attached hydrogens (tertiary/aromatic N) is 2. The Balaban J connectivity index is 1.52. The first-order valence-electron chi connectivity index (χ1n) is 10.6. The minimum absolute atomic E-state index is 0.139. The molecule has 1 aromatic carbocycles. The Morgan fingerprint density at radius 2 is 2.00 bits per heavy atom. The van der Waals surface area contributed by atoms with Gasteiger partial charge in [-0.15, -0.1) is 11.3 Å². The molecule has 5 heteroatoms. The molecule has 1 saturated heterocycles. The molecule has 3 aromatic rings. The average Bonchev–Trinajstić information content (AvgIpc) is 3.40. The monoisotopic (exact) mass is 419 g/mol. The van der Waals surface area contributed by atoms with Gasteiger partial charge in [0.05, 0.1) is 11.1 Å². The van der Waals surface area contributed by atoms with Crippen LogP contribution in [-0.2, 0) is 17.8 Å². The number of carbonyl (C=O) groups is 1. The first-order valence-corrected chi connectivity index (χ1v) is 11.5. The molecule has 1 aliphatic rings. The van der Waals surface area contributed by atoms with Crippen LogP contribution >= 0.6 is 11.3 Å². The molecule has 30 heavy (non-hydrogen) atoms. The van der Waals surface area contributed by atoms with Gasteiger partial charge in [0.2, 0.25) is 5.91 Å². The Hall–Kier alpha value is -2.50. The van der Waals surface area contributed by atoms with Crippen LogP contribution in [0.2, 0.25) is 0 Å². The van der Waals surface area contributed by atoms with Crippen molar-refractivity contribution in [2.75, 3.05) is 13.1 Å². The lowest BCUT2D eigenvalue weighted by molar-refractivity contribution is -0.131. The van der Waals surface area contributed by atoms with E-state index in [2.05, 4.69) is 63.0 Å². The van der Waals surface area contributed by atoms with Gasteiger partial charge in [-0.25, -0.2) is 0 Å². The molecule has 1 atom stereocenters. The van der Waals surface area contributed by atoms with Gasteiger partial charge in [0.15, 0.2) is 0 Å². The van der Waals surface area contributed by atoms with Gasteiger partial charge in [-0.1, -0.05) is 36.4 Å². The highest BCUT2D eigenvalue weighted by molar-refractivity contribution is 7.13. The van der Waals surface area contributed by atoms with E-state index in [0.29, 0.717) is 0 Å². The highest BCUT2D eigenvalue weighted by Crippen LogP contribution is 2.36. The number of hydrogen-bond acceptors (Lipinski definition) is 4. The maximum Gasteiger partial charge on any atom is 0.228 e. The Morgan fingerprint density at radius 1 is 1.17 bits per heavy atom. The summed E-state index contributed by atoms with van der Waals surface area (Å²) in [6.07, 6.45) is 3.46. The summed E-state index contributed by atoms with van der Waals surface area (Å²) in [5.41, 5.74) is 3.10. The second-order valence-electron chi connectivity index (χ2n) is 8.54. The number of likely N-dealkylation sites (tertiary alicyclic amines) is 1. The second-order valence-corrected chi connectivity index (χ2v) is 9.49. The zero-order valence-corrected chi connectivity index (χ0v) is 18.5. The van der Waals surface area contributed by atoms with Crippen LogP contribution in [0.15, 0.2) is 66.2 Å². The van der Waals surface area contributed by atoms with Gasteiger partial charge in [0.25, 0.3) is 0 Å². The molecule has 3 heterocycles. The number of benzene rings is 1. The highest BCUT2D eigenvalue weighted by atomic mass is 32.1. The van der Waals surface area contributed by atoms with Gasteiger partial charge in [-0.05, 0) is 67.9 Å².